The van der Waals surface area contributed by atoms with Crippen LogP contribution in [0.3, 0.4) is 0 Å². The van der Waals surface area contributed by atoms with E-state index in [1.807, 2.05) is 42.5 Å². The van der Waals surface area contributed by atoms with Crippen molar-refractivity contribution in [2.45, 2.75) is 26.3 Å². The van der Waals surface area contributed by atoms with Crippen LogP contribution in [0.15, 0.2) is 54.7 Å². The molecule has 0 unspecified atom stereocenters. The van der Waals surface area contributed by atoms with Crippen LogP contribution in [0.25, 0.3) is 0 Å². The van der Waals surface area contributed by atoms with E-state index in [9.17, 15) is 0 Å². The number of anilines is 3. The smallest absolute Gasteiger partial charge is 0.249 e. The van der Waals surface area contributed by atoms with Crippen LogP contribution in [0.1, 0.15) is 30.9 Å². The molecule has 0 aliphatic carbocycles. The Morgan fingerprint density at radius 1 is 1.04 bits per heavy atom. The molecule has 3 rings (SSSR count). The molecule has 0 amide bonds. The molecule has 0 radical (unpaired) electrons. The van der Waals surface area contributed by atoms with Gasteiger partial charge in [-0.15, -0.1) is 5.10 Å². The maximum Gasteiger partial charge on any atom is 0.249 e. The summed E-state index contributed by atoms with van der Waals surface area (Å²) in [7, 11) is 1.66. The van der Waals surface area contributed by atoms with Gasteiger partial charge in [-0.25, -0.2) is 0 Å². The number of ether oxygens (including phenoxy) is 1. The summed E-state index contributed by atoms with van der Waals surface area (Å²) in [6.45, 7) is 4.96. The number of methoxy groups -OCH3 is 1. The second-order valence-corrected chi connectivity index (χ2v) is 6.23. The van der Waals surface area contributed by atoms with E-state index in [-0.39, 0.29) is 0 Å². The SMILES string of the molecule is COc1ccc(CNc2cnnc(Nc3ccccc3C(C)C)n2)cc1. The highest BCUT2D eigenvalue weighted by Crippen LogP contribution is 2.25. The number of para-hydroxylation sites is 1. The van der Waals surface area contributed by atoms with Crippen molar-refractivity contribution in [1.82, 2.24) is 15.2 Å². The van der Waals surface area contributed by atoms with E-state index in [0.717, 1.165) is 17.0 Å². The minimum atomic E-state index is 0.406. The Hall–Kier alpha value is -3.15. The Labute approximate surface area is 153 Å². The third kappa shape index (κ3) is 4.47. The summed E-state index contributed by atoms with van der Waals surface area (Å²) >= 11 is 0. The fourth-order valence-corrected chi connectivity index (χ4v) is 2.61. The maximum atomic E-state index is 5.17. The van der Waals surface area contributed by atoms with Crippen molar-refractivity contribution in [3.05, 3.63) is 65.9 Å². The summed E-state index contributed by atoms with van der Waals surface area (Å²) in [6, 6.07) is 16.1. The van der Waals surface area contributed by atoms with Crippen LogP contribution < -0.4 is 15.4 Å². The average molecular weight is 349 g/mol. The predicted molar refractivity (Wildman–Crippen MR) is 104 cm³/mol. The summed E-state index contributed by atoms with van der Waals surface area (Å²) in [5.74, 6) is 2.38. The van der Waals surface area contributed by atoms with Crippen LogP contribution in [-0.4, -0.2) is 22.3 Å². The molecule has 6 heteroatoms. The zero-order valence-corrected chi connectivity index (χ0v) is 15.2. The van der Waals surface area contributed by atoms with Crippen molar-refractivity contribution in [1.29, 1.82) is 0 Å². The van der Waals surface area contributed by atoms with Crippen LogP contribution in [0.4, 0.5) is 17.5 Å². The number of hydrogen-bond donors (Lipinski definition) is 2. The molecule has 2 aromatic carbocycles. The zero-order chi connectivity index (χ0) is 18.4. The summed E-state index contributed by atoms with van der Waals surface area (Å²) in [5.41, 5.74) is 3.34. The van der Waals surface area contributed by atoms with Gasteiger partial charge in [0.05, 0.1) is 13.3 Å². The lowest BCUT2D eigenvalue weighted by atomic mass is 10.0. The number of nitrogens with one attached hydrogen (secondary N) is 2. The number of nitrogens with zero attached hydrogens (tertiary/aromatic N) is 3. The minimum absolute atomic E-state index is 0.406. The van der Waals surface area contributed by atoms with Gasteiger partial charge in [0.2, 0.25) is 5.95 Å². The molecule has 0 saturated heterocycles. The van der Waals surface area contributed by atoms with Crippen LogP contribution in [0, 0.1) is 0 Å². The topological polar surface area (TPSA) is 72.0 Å². The molecule has 134 valence electrons. The third-order valence-electron chi connectivity index (χ3n) is 4.02. The van der Waals surface area contributed by atoms with Gasteiger partial charge >= 0.3 is 0 Å². The monoisotopic (exact) mass is 349 g/mol. The van der Waals surface area contributed by atoms with Crippen LogP contribution in [0.2, 0.25) is 0 Å². The largest absolute Gasteiger partial charge is 0.497 e. The van der Waals surface area contributed by atoms with Crippen molar-refractivity contribution in [2.24, 2.45) is 0 Å². The Morgan fingerprint density at radius 2 is 1.81 bits per heavy atom. The summed E-state index contributed by atoms with van der Waals surface area (Å²) < 4.78 is 5.17. The number of aromatic nitrogens is 3. The van der Waals surface area contributed by atoms with Gasteiger partial charge in [-0.05, 0) is 35.2 Å². The van der Waals surface area contributed by atoms with E-state index in [4.69, 9.17) is 4.74 Å². The van der Waals surface area contributed by atoms with E-state index in [2.05, 4.69) is 45.7 Å². The molecule has 0 saturated carbocycles. The van der Waals surface area contributed by atoms with Crippen molar-refractivity contribution >= 4 is 17.5 Å². The molecule has 0 aliphatic rings. The molecule has 0 spiro atoms. The molecule has 6 nitrogen and oxygen atoms in total. The molecule has 0 bridgehead atoms. The van der Waals surface area contributed by atoms with Crippen LogP contribution in [0.5, 0.6) is 5.75 Å². The lowest BCUT2D eigenvalue weighted by molar-refractivity contribution is 0.414. The van der Waals surface area contributed by atoms with E-state index < -0.39 is 0 Å². The molecular weight excluding hydrogens is 326 g/mol. The molecule has 0 atom stereocenters. The second kappa shape index (κ2) is 8.29. The molecule has 0 fully saturated rings. The van der Waals surface area contributed by atoms with Gasteiger partial charge in [-0.1, -0.05) is 44.2 Å². The minimum Gasteiger partial charge on any atom is -0.497 e. The Bertz CT molecular complexity index is 849. The van der Waals surface area contributed by atoms with Gasteiger partial charge in [0.15, 0.2) is 5.82 Å². The molecule has 0 aliphatic heterocycles. The Kier molecular flexibility index (Phi) is 5.63. The lowest BCUT2D eigenvalue weighted by Gasteiger charge is -2.13. The van der Waals surface area contributed by atoms with Crippen molar-refractivity contribution < 1.29 is 4.74 Å². The van der Waals surface area contributed by atoms with Gasteiger partial charge in [0, 0.05) is 12.2 Å². The second-order valence-electron chi connectivity index (χ2n) is 6.23. The molecule has 1 heterocycles. The van der Waals surface area contributed by atoms with Crippen molar-refractivity contribution in [3.8, 4) is 5.75 Å². The normalized spacial score (nSPS) is 10.6. The molecule has 26 heavy (non-hydrogen) atoms. The first-order valence-corrected chi connectivity index (χ1v) is 8.58. The van der Waals surface area contributed by atoms with E-state index in [1.165, 1.54) is 5.56 Å². The fourth-order valence-electron chi connectivity index (χ4n) is 2.61. The van der Waals surface area contributed by atoms with Crippen molar-refractivity contribution in [2.75, 3.05) is 17.7 Å². The number of hydrogen-bond acceptors (Lipinski definition) is 6. The molecular formula is C20H23N5O. The quantitative estimate of drug-likeness (QED) is 0.660. The Balaban J connectivity index is 1.68. The van der Waals surface area contributed by atoms with Gasteiger partial charge < -0.3 is 15.4 Å². The Morgan fingerprint density at radius 3 is 2.54 bits per heavy atom. The van der Waals surface area contributed by atoms with Crippen molar-refractivity contribution in [3.63, 3.8) is 0 Å². The van der Waals surface area contributed by atoms with Gasteiger partial charge in [-0.3, -0.25) is 0 Å². The third-order valence-corrected chi connectivity index (χ3v) is 4.02. The molecule has 3 aromatic rings. The summed E-state index contributed by atoms with van der Waals surface area (Å²) in [4.78, 5) is 4.50. The first-order chi connectivity index (χ1) is 12.7. The predicted octanol–water partition coefficient (Wildman–Crippen LogP) is 4.36. The highest BCUT2D eigenvalue weighted by molar-refractivity contribution is 5.59. The van der Waals surface area contributed by atoms with Crippen LogP contribution in [-0.2, 0) is 6.54 Å². The molecule has 2 N–H and O–H groups in total. The molecule has 1 aromatic heterocycles. The number of rotatable bonds is 7. The summed E-state index contributed by atoms with van der Waals surface area (Å²) in [5, 5.41) is 14.7. The van der Waals surface area contributed by atoms with E-state index >= 15 is 0 Å². The average Bonchev–Trinajstić information content (AvgIpc) is 2.67. The highest BCUT2D eigenvalue weighted by atomic mass is 16.5. The summed E-state index contributed by atoms with van der Waals surface area (Å²) in [6.07, 6.45) is 1.61. The fraction of sp³-hybridized carbons (Fsp3) is 0.250. The zero-order valence-electron chi connectivity index (χ0n) is 15.2. The number of benzene rings is 2. The first-order valence-electron chi connectivity index (χ1n) is 8.58. The lowest BCUT2D eigenvalue weighted by Crippen LogP contribution is -2.06. The standard InChI is InChI=1S/C20H23N5O/c1-14(2)17-6-4-5-7-18(17)23-20-24-19(13-22-25-20)21-12-15-8-10-16(26-3)11-9-15/h4-11,13-14H,12H2,1-3H3,(H2,21,23,24,25). The van der Waals surface area contributed by atoms with Gasteiger partial charge in [0.25, 0.3) is 0 Å². The van der Waals surface area contributed by atoms with E-state index in [1.54, 1.807) is 13.3 Å². The maximum absolute atomic E-state index is 5.17. The first kappa shape index (κ1) is 17.7. The van der Waals surface area contributed by atoms with Gasteiger partial charge in [0.1, 0.15) is 5.75 Å². The van der Waals surface area contributed by atoms with E-state index in [0.29, 0.717) is 24.2 Å². The van der Waals surface area contributed by atoms with Gasteiger partial charge in [-0.2, -0.15) is 10.1 Å². The highest BCUT2D eigenvalue weighted by Gasteiger charge is 2.08. The van der Waals surface area contributed by atoms with Crippen LogP contribution >= 0.6 is 0 Å².